The Morgan fingerprint density at radius 3 is 2.32 bits per heavy atom. The van der Waals surface area contributed by atoms with Crippen LogP contribution in [0.3, 0.4) is 0 Å². The molecule has 3 rings (SSSR count). The molecule has 2 N–H and O–H groups in total. The summed E-state index contributed by atoms with van der Waals surface area (Å²) in [6, 6.07) is 13.5. The molecule has 2 aromatic carbocycles. The van der Waals surface area contributed by atoms with Crippen LogP contribution in [-0.2, 0) is 17.8 Å². The van der Waals surface area contributed by atoms with E-state index in [9.17, 15) is 4.79 Å². The molecule has 1 saturated heterocycles. The van der Waals surface area contributed by atoms with Crippen LogP contribution >= 0.6 is 35.6 Å². The second-order valence-electron chi connectivity index (χ2n) is 6.16. The van der Waals surface area contributed by atoms with Gasteiger partial charge in [-0.05, 0) is 42.0 Å². The Morgan fingerprint density at radius 2 is 1.68 bits per heavy atom. The van der Waals surface area contributed by atoms with Gasteiger partial charge in [0.05, 0.1) is 15.7 Å². The van der Waals surface area contributed by atoms with E-state index >= 15 is 0 Å². The quantitative estimate of drug-likeness (QED) is 0.798. The van der Waals surface area contributed by atoms with Crippen LogP contribution in [0.15, 0.2) is 42.5 Å². The molecular weight excluding hydrogens is 379 g/mol. The first-order chi connectivity index (χ1) is 11.6. The molecule has 1 fully saturated rings. The van der Waals surface area contributed by atoms with Gasteiger partial charge in [0.25, 0.3) is 0 Å². The third-order valence-corrected chi connectivity index (χ3v) is 5.17. The molecule has 0 spiro atoms. The van der Waals surface area contributed by atoms with Gasteiger partial charge in [-0.25, -0.2) is 0 Å². The van der Waals surface area contributed by atoms with Crippen molar-refractivity contribution in [1.29, 1.82) is 0 Å². The number of hydrogen-bond acceptors (Lipinski definition) is 2. The average Bonchev–Trinajstić information content (AvgIpc) is 2.58. The van der Waals surface area contributed by atoms with Gasteiger partial charge in [-0.1, -0.05) is 53.5 Å². The molecule has 0 saturated carbocycles. The predicted molar refractivity (Wildman–Crippen MR) is 107 cm³/mol. The minimum atomic E-state index is 0. The van der Waals surface area contributed by atoms with Crippen molar-refractivity contribution < 1.29 is 4.79 Å². The number of carbonyl (C=O) groups is 1. The molecule has 2 aromatic rings. The molecule has 0 radical (unpaired) electrons. The lowest BCUT2D eigenvalue weighted by atomic mass is 9.89. The summed E-state index contributed by atoms with van der Waals surface area (Å²) in [4.78, 5) is 14.1. The SMILES string of the molecule is Cl.NCc1ccccc1CC1CCC(=O)N(c2c(Cl)cccc2Cl)C1. The number of carbonyl (C=O) groups excluding carboxylic acids is 1. The molecule has 0 aliphatic carbocycles. The average molecular weight is 400 g/mol. The molecule has 134 valence electrons. The highest BCUT2D eigenvalue weighted by molar-refractivity contribution is 6.39. The second kappa shape index (κ2) is 8.91. The van der Waals surface area contributed by atoms with Crippen molar-refractivity contribution >= 4 is 47.2 Å². The lowest BCUT2D eigenvalue weighted by molar-refractivity contribution is -0.120. The van der Waals surface area contributed by atoms with Gasteiger partial charge in [-0.3, -0.25) is 4.79 Å². The highest BCUT2D eigenvalue weighted by Gasteiger charge is 2.29. The molecule has 1 aliphatic rings. The van der Waals surface area contributed by atoms with Crippen molar-refractivity contribution in [2.24, 2.45) is 11.7 Å². The topological polar surface area (TPSA) is 46.3 Å². The molecule has 6 heteroatoms. The van der Waals surface area contributed by atoms with Gasteiger partial charge in [0, 0.05) is 19.5 Å². The fraction of sp³-hybridized carbons (Fsp3) is 0.316. The molecule has 0 aromatic heterocycles. The molecule has 25 heavy (non-hydrogen) atoms. The van der Waals surface area contributed by atoms with E-state index in [1.165, 1.54) is 5.56 Å². The number of nitrogens with zero attached hydrogens (tertiary/aromatic N) is 1. The molecule has 1 aliphatic heterocycles. The summed E-state index contributed by atoms with van der Waals surface area (Å²) in [6.07, 6.45) is 2.28. The molecule has 1 amide bonds. The minimum Gasteiger partial charge on any atom is -0.326 e. The smallest absolute Gasteiger partial charge is 0.227 e. The van der Waals surface area contributed by atoms with E-state index in [1.807, 2.05) is 12.1 Å². The molecule has 1 atom stereocenters. The van der Waals surface area contributed by atoms with E-state index in [2.05, 4.69) is 12.1 Å². The van der Waals surface area contributed by atoms with Gasteiger partial charge < -0.3 is 10.6 Å². The molecule has 3 nitrogen and oxygen atoms in total. The van der Waals surface area contributed by atoms with Gasteiger partial charge in [0.1, 0.15) is 0 Å². The largest absolute Gasteiger partial charge is 0.326 e. The number of rotatable bonds is 4. The maximum atomic E-state index is 12.4. The summed E-state index contributed by atoms with van der Waals surface area (Å²) in [6.45, 7) is 1.16. The van der Waals surface area contributed by atoms with Crippen molar-refractivity contribution in [3.8, 4) is 0 Å². The first-order valence-electron chi connectivity index (χ1n) is 8.11. The summed E-state index contributed by atoms with van der Waals surface area (Å²) in [5, 5.41) is 1.03. The zero-order valence-corrected chi connectivity index (χ0v) is 16.1. The fourth-order valence-corrected chi connectivity index (χ4v) is 3.91. The highest BCUT2D eigenvalue weighted by Crippen LogP contribution is 2.37. The number of nitrogens with two attached hydrogens (primary N) is 1. The Labute approximate surface area is 164 Å². The van der Waals surface area contributed by atoms with Gasteiger partial charge in [-0.2, -0.15) is 0 Å². The Morgan fingerprint density at radius 1 is 1.04 bits per heavy atom. The standard InChI is InChI=1S/C19H20Cl2N2O.ClH/c20-16-6-3-7-17(21)19(16)23-12-13(8-9-18(23)24)10-14-4-1-2-5-15(14)11-22;/h1-7,13H,8-12,22H2;1H. The molecular formula is C19H21Cl3N2O. The summed E-state index contributed by atoms with van der Waals surface area (Å²) in [7, 11) is 0. The van der Waals surface area contributed by atoms with Crippen LogP contribution in [0.25, 0.3) is 0 Å². The molecule has 0 bridgehead atoms. The summed E-state index contributed by atoms with van der Waals surface area (Å²) >= 11 is 12.6. The fourth-order valence-electron chi connectivity index (χ4n) is 3.31. The summed E-state index contributed by atoms with van der Waals surface area (Å²) in [5.74, 6) is 0.441. The normalized spacial score (nSPS) is 17.3. The zero-order chi connectivity index (χ0) is 17.1. The number of benzene rings is 2. The van der Waals surface area contributed by atoms with Crippen LogP contribution in [-0.4, -0.2) is 12.5 Å². The predicted octanol–water partition coefficient (Wildman–Crippen LogP) is 4.86. The third kappa shape index (κ3) is 4.48. The Bertz CT molecular complexity index is 731. The van der Waals surface area contributed by atoms with Crippen LogP contribution in [0, 0.1) is 5.92 Å². The van der Waals surface area contributed by atoms with Crippen molar-refractivity contribution in [2.45, 2.75) is 25.8 Å². The van der Waals surface area contributed by atoms with Crippen molar-refractivity contribution in [2.75, 3.05) is 11.4 Å². The van der Waals surface area contributed by atoms with E-state index < -0.39 is 0 Å². The zero-order valence-electron chi connectivity index (χ0n) is 13.8. The van der Waals surface area contributed by atoms with Gasteiger partial charge in [0.2, 0.25) is 5.91 Å². The highest BCUT2D eigenvalue weighted by atomic mass is 35.5. The van der Waals surface area contributed by atoms with Crippen molar-refractivity contribution in [1.82, 2.24) is 0 Å². The van der Waals surface area contributed by atoms with Crippen LogP contribution in [0.5, 0.6) is 0 Å². The number of hydrogen-bond donors (Lipinski definition) is 1. The monoisotopic (exact) mass is 398 g/mol. The van der Waals surface area contributed by atoms with Crippen molar-refractivity contribution in [3.63, 3.8) is 0 Å². The minimum absolute atomic E-state index is 0. The van der Waals surface area contributed by atoms with E-state index in [0.717, 1.165) is 18.4 Å². The van der Waals surface area contributed by atoms with Crippen molar-refractivity contribution in [3.05, 3.63) is 63.6 Å². The van der Waals surface area contributed by atoms with Crippen LogP contribution < -0.4 is 10.6 Å². The van der Waals surface area contributed by atoms with Gasteiger partial charge in [-0.15, -0.1) is 12.4 Å². The van der Waals surface area contributed by atoms with Crippen LogP contribution in [0.4, 0.5) is 5.69 Å². The Kier molecular flexibility index (Phi) is 7.14. The maximum Gasteiger partial charge on any atom is 0.227 e. The van der Waals surface area contributed by atoms with E-state index in [0.29, 0.717) is 41.2 Å². The number of para-hydroxylation sites is 1. The van der Waals surface area contributed by atoms with Gasteiger partial charge in [0.15, 0.2) is 0 Å². The molecule has 1 unspecified atom stereocenters. The number of anilines is 1. The first kappa shape index (κ1) is 20.1. The lowest BCUT2D eigenvalue weighted by Gasteiger charge is -2.34. The second-order valence-corrected chi connectivity index (χ2v) is 6.97. The summed E-state index contributed by atoms with van der Waals surface area (Å²) < 4.78 is 0. The van der Waals surface area contributed by atoms with Crippen LogP contribution in [0.2, 0.25) is 10.0 Å². The Balaban J connectivity index is 0.00000225. The van der Waals surface area contributed by atoms with E-state index in [4.69, 9.17) is 28.9 Å². The van der Waals surface area contributed by atoms with E-state index in [1.54, 1.807) is 23.1 Å². The summed E-state index contributed by atoms with van der Waals surface area (Å²) in [5.41, 5.74) is 8.88. The number of piperidine rings is 1. The van der Waals surface area contributed by atoms with Gasteiger partial charge >= 0.3 is 0 Å². The van der Waals surface area contributed by atoms with Crippen LogP contribution in [0.1, 0.15) is 24.0 Å². The number of amides is 1. The molecule has 1 heterocycles. The van der Waals surface area contributed by atoms with E-state index in [-0.39, 0.29) is 18.3 Å². The number of halogens is 3. The Hall–Kier alpha value is -1.26. The first-order valence-corrected chi connectivity index (χ1v) is 8.87. The maximum absolute atomic E-state index is 12.4. The third-order valence-electron chi connectivity index (χ3n) is 4.56. The lowest BCUT2D eigenvalue weighted by Crippen LogP contribution is -2.41.